The van der Waals surface area contributed by atoms with Gasteiger partial charge in [0.25, 0.3) is 5.56 Å². The van der Waals surface area contributed by atoms with Gasteiger partial charge in [0.1, 0.15) is 5.75 Å². The van der Waals surface area contributed by atoms with E-state index in [1.165, 1.54) is 23.7 Å². The molecule has 0 radical (unpaired) electrons. The van der Waals surface area contributed by atoms with Gasteiger partial charge in [0.05, 0.1) is 29.8 Å². The zero-order valence-electron chi connectivity index (χ0n) is 23.8. The molecule has 6 rings (SSSR count). The number of rotatable bonds is 6. The molecule has 0 aliphatic heterocycles. The standard InChI is InChI=1S/C34H35N3O3S/c1-22-15-16-26(23(2)19-22)35-29(38)21-41-33-36-31-25-12-6-5-11-24(25)20-34(17-9-4-10-18-34)30(31)32(39)37(33)27-13-7-8-14-28(27)40-3/h5-8,11-16,19H,4,9-10,17-18,20-21H2,1-3H3,(H,35,38). The molecular formula is C34H35N3O3S. The lowest BCUT2D eigenvalue weighted by atomic mass is 9.62. The maximum absolute atomic E-state index is 14.8. The third-order valence-electron chi connectivity index (χ3n) is 8.51. The van der Waals surface area contributed by atoms with E-state index < -0.39 is 0 Å². The number of nitrogens with one attached hydrogen (secondary N) is 1. The van der Waals surface area contributed by atoms with Gasteiger partial charge in [-0.3, -0.25) is 14.2 Å². The Balaban J connectivity index is 1.48. The van der Waals surface area contributed by atoms with E-state index >= 15 is 0 Å². The van der Waals surface area contributed by atoms with Crippen LogP contribution < -0.4 is 15.6 Å². The van der Waals surface area contributed by atoms with Crippen LogP contribution in [-0.2, 0) is 16.6 Å². The minimum atomic E-state index is -0.237. The van der Waals surface area contributed by atoms with E-state index in [9.17, 15) is 9.59 Å². The van der Waals surface area contributed by atoms with Crippen molar-refractivity contribution in [2.45, 2.75) is 62.9 Å². The number of fused-ring (bicyclic) bond motifs is 4. The van der Waals surface area contributed by atoms with Gasteiger partial charge < -0.3 is 10.1 Å². The van der Waals surface area contributed by atoms with Gasteiger partial charge in [-0.15, -0.1) is 0 Å². The molecule has 2 aliphatic rings. The van der Waals surface area contributed by atoms with Crippen LogP contribution in [-0.4, -0.2) is 28.3 Å². The highest BCUT2D eigenvalue weighted by Crippen LogP contribution is 2.49. The molecule has 3 aromatic carbocycles. The molecule has 0 unspecified atom stereocenters. The van der Waals surface area contributed by atoms with Crippen LogP contribution in [0.1, 0.15) is 54.4 Å². The zero-order chi connectivity index (χ0) is 28.6. The topological polar surface area (TPSA) is 73.2 Å². The van der Waals surface area contributed by atoms with Crippen molar-refractivity contribution in [2.24, 2.45) is 0 Å². The van der Waals surface area contributed by atoms with E-state index in [4.69, 9.17) is 9.72 Å². The predicted octanol–water partition coefficient (Wildman–Crippen LogP) is 7.01. The number of thioether (sulfide) groups is 1. The highest BCUT2D eigenvalue weighted by Gasteiger charge is 2.43. The van der Waals surface area contributed by atoms with Crippen molar-refractivity contribution in [3.63, 3.8) is 0 Å². The second kappa shape index (κ2) is 11.2. The van der Waals surface area contributed by atoms with Crippen molar-refractivity contribution in [3.8, 4) is 22.7 Å². The molecular weight excluding hydrogens is 530 g/mol. The Hall–Kier alpha value is -3.84. The van der Waals surface area contributed by atoms with Crippen molar-refractivity contribution < 1.29 is 9.53 Å². The zero-order valence-corrected chi connectivity index (χ0v) is 24.6. The summed E-state index contributed by atoms with van der Waals surface area (Å²) in [7, 11) is 1.61. The molecule has 1 saturated carbocycles. The number of methoxy groups -OCH3 is 1. The molecule has 1 amide bonds. The van der Waals surface area contributed by atoms with Crippen LogP contribution >= 0.6 is 11.8 Å². The van der Waals surface area contributed by atoms with Gasteiger partial charge in [-0.25, -0.2) is 4.98 Å². The molecule has 2 aliphatic carbocycles. The molecule has 210 valence electrons. The maximum atomic E-state index is 14.8. The number of carbonyl (C=O) groups is 1. The van der Waals surface area contributed by atoms with Crippen LogP contribution in [0.15, 0.2) is 76.7 Å². The summed E-state index contributed by atoms with van der Waals surface area (Å²) in [5.41, 5.74) is 7.12. The molecule has 1 spiro atoms. The smallest absolute Gasteiger partial charge is 0.263 e. The van der Waals surface area contributed by atoms with Gasteiger partial charge in [-0.2, -0.15) is 0 Å². The van der Waals surface area contributed by atoms with Crippen molar-refractivity contribution in [3.05, 3.63) is 99.3 Å². The van der Waals surface area contributed by atoms with Crippen LogP contribution in [0.25, 0.3) is 16.9 Å². The Morgan fingerprint density at radius 2 is 1.78 bits per heavy atom. The number of ether oxygens (including phenoxy) is 1. The van der Waals surface area contributed by atoms with Gasteiger partial charge in [0.15, 0.2) is 5.16 Å². The van der Waals surface area contributed by atoms with Crippen LogP contribution in [0.4, 0.5) is 5.69 Å². The number of amides is 1. The normalized spacial score (nSPS) is 15.2. The van der Waals surface area contributed by atoms with Gasteiger partial charge >= 0.3 is 0 Å². The molecule has 6 nitrogen and oxygen atoms in total. The number of anilines is 1. The Morgan fingerprint density at radius 3 is 2.56 bits per heavy atom. The van der Waals surface area contributed by atoms with E-state index in [1.807, 2.05) is 62.4 Å². The molecule has 1 aromatic heterocycles. The fourth-order valence-corrected chi connectivity index (χ4v) is 7.38. The predicted molar refractivity (Wildman–Crippen MR) is 166 cm³/mol. The number of aromatic nitrogens is 2. The first-order chi connectivity index (χ1) is 19.9. The Labute approximate surface area is 245 Å². The van der Waals surface area contributed by atoms with Crippen LogP contribution in [0.3, 0.4) is 0 Å². The number of carbonyl (C=O) groups excluding carboxylic acids is 1. The average molecular weight is 566 g/mol. The van der Waals surface area contributed by atoms with Gasteiger partial charge in [-0.1, -0.05) is 85.1 Å². The van der Waals surface area contributed by atoms with Crippen molar-refractivity contribution in [1.82, 2.24) is 9.55 Å². The second-order valence-electron chi connectivity index (χ2n) is 11.3. The average Bonchev–Trinajstić information content (AvgIpc) is 2.98. The molecule has 0 bridgehead atoms. The molecule has 0 atom stereocenters. The van der Waals surface area contributed by atoms with Crippen molar-refractivity contribution in [1.29, 1.82) is 0 Å². The quantitative estimate of drug-likeness (QED) is 0.201. The Morgan fingerprint density at radius 1 is 1.02 bits per heavy atom. The van der Waals surface area contributed by atoms with Crippen LogP contribution in [0.2, 0.25) is 0 Å². The van der Waals surface area contributed by atoms with Gasteiger partial charge in [-0.05, 0) is 62.4 Å². The van der Waals surface area contributed by atoms with Gasteiger partial charge in [0.2, 0.25) is 5.91 Å². The lowest BCUT2D eigenvalue weighted by molar-refractivity contribution is -0.113. The van der Waals surface area contributed by atoms with E-state index in [0.29, 0.717) is 16.6 Å². The first-order valence-electron chi connectivity index (χ1n) is 14.3. The highest BCUT2D eigenvalue weighted by molar-refractivity contribution is 7.99. The molecule has 0 saturated heterocycles. The first kappa shape index (κ1) is 27.3. The first-order valence-corrected chi connectivity index (χ1v) is 15.3. The molecule has 4 aromatic rings. The lowest BCUT2D eigenvalue weighted by Crippen LogP contribution is -2.43. The molecule has 1 fully saturated rings. The summed E-state index contributed by atoms with van der Waals surface area (Å²) in [4.78, 5) is 33.1. The van der Waals surface area contributed by atoms with Gasteiger partial charge in [0, 0.05) is 16.7 Å². The largest absolute Gasteiger partial charge is 0.495 e. The summed E-state index contributed by atoms with van der Waals surface area (Å²) >= 11 is 1.28. The fourth-order valence-electron chi connectivity index (χ4n) is 6.58. The molecule has 7 heteroatoms. The summed E-state index contributed by atoms with van der Waals surface area (Å²) in [6.07, 6.45) is 6.19. The summed E-state index contributed by atoms with van der Waals surface area (Å²) in [5.74, 6) is 0.553. The van der Waals surface area contributed by atoms with E-state index in [1.54, 1.807) is 11.7 Å². The minimum Gasteiger partial charge on any atom is -0.495 e. The summed E-state index contributed by atoms with van der Waals surface area (Å²) in [6.45, 7) is 4.02. The molecule has 1 N–H and O–H groups in total. The third kappa shape index (κ3) is 5.08. The van der Waals surface area contributed by atoms with Crippen LogP contribution in [0, 0.1) is 13.8 Å². The van der Waals surface area contributed by atoms with E-state index in [-0.39, 0.29) is 22.6 Å². The summed E-state index contributed by atoms with van der Waals surface area (Å²) < 4.78 is 7.38. The Kier molecular flexibility index (Phi) is 7.47. The maximum Gasteiger partial charge on any atom is 0.263 e. The number of aryl methyl sites for hydroxylation is 2. The lowest BCUT2D eigenvalue weighted by Gasteiger charge is -2.42. The number of hydrogen-bond donors (Lipinski definition) is 1. The van der Waals surface area contributed by atoms with E-state index in [0.717, 1.165) is 65.7 Å². The second-order valence-corrected chi connectivity index (χ2v) is 12.2. The molecule has 41 heavy (non-hydrogen) atoms. The van der Waals surface area contributed by atoms with E-state index in [2.05, 4.69) is 23.5 Å². The monoisotopic (exact) mass is 565 g/mol. The summed E-state index contributed by atoms with van der Waals surface area (Å²) in [5, 5.41) is 3.51. The third-order valence-corrected chi connectivity index (χ3v) is 9.45. The SMILES string of the molecule is COc1ccccc1-n1c(SCC(=O)Nc2ccc(C)cc2C)nc2c(c1=O)C1(CCCCC1)Cc1ccccc1-2. The molecule has 1 heterocycles. The Bertz CT molecular complexity index is 1690. The number of hydrogen-bond acceptors (Lipinski definition) is 5. The van der Waals surface area contributed by atoms with Crippen molar-refractivity contribution >= 4 is 23.4 Å². The summed E-state index contributed by atoms with van der Waals surface area (Å²) in [6, 6.07) is 21.8. The number of benzene rings is 3. The number of nitrogens with zero attached hydrogens (tertiary/aromatic N) is 2. The fraction of sp³-hybridized carbons (Fsp3) is 0.324. The number of para-hydroxylation sites is 2. The van der Waals surface area contributed by atoms with Crippen molar-refractivity contribution in [2.75, 3.05) is 18.2 Å². The minimum absolute atomic E-state index is 0.0619. The highest BCUT2D eigenvalue weighted by atomic mass is 32.2. The van der Waals surface area contributed by atoms with Crippen LogP contribution in [0.5, 0.6) is 5.75 Å².